The van der Waals surface area contributed by atoms with Crippen molar-refractivity contribution in [3.8, 4) is 0 Å². The Morgan fingerprint density at radius 1 is 1.15 bits per heavy atom. The van der Waals surface area contributed by atoms with E-state index >= 15 is 0 Å². The zero-order valence-electron chi connectivity index (χ0n) is 25.3. The third-order valence-electron chi connectivity index (χ3n) is 8.30. The average Bonchev–Trinajstić information content (AvgIpc) is 2.91. The Bertz CT molecular complexity index is 887. The zero-order valence-corrected chi connectivity index (χ0v) is 25.3. The van der Waals surface area contributed by atoms with Crippen molar-refractivity contribution >= 4 is 18.0 Å². The van der Waals surface area contributed by atoms with Crippen LogP contribution in [0.3, 0.4) is 0 Å². The highest BCUT2D eigenvalue weighted by molar-refractivity contribution is 5.91. The van der Waals surface area contributed by atoms with Crippen molar-refractivity contribution in [2.24, 2.45) is 23.7 Å². The van der Waals surface area contributed by atoms with Crippen LogP contribution < -0.4 is 0 Å². The van der Waals surface area contributed by atoms with E-state index in [9.17, 15) is 24.6 Å². The Morgan fingerprint density at radius 2 is 1.85 bits per heavy atom. The van der Waals surface area contributed by atoms with Crippen LogP contribution in [-0.4, -0.2) is 90.6 Å². The molecule has 0 aromatic rings. The van der Waals surface area contributed by atoms with Crippen LogP contribution in [0.15, 0.2) is 23.8 Å². The van der Waals surface area contributed by atoms with Crippen LogP contribution in [0.4, 0.5) is 0 Å². The Balaban J connectivity index is 2.43. The van der Waals surface area contributed by atoms with Crippen molar-refractivity contribution in [1.29, 1.82) is 0 Å². The maximum absolute atomic E-state index is 13.1. The number of ketones is 1. The second kappa shape index (κ2) is 16.5. The van der Waals surface area contributed by atoms with E-state index in [4.69, 9.17) is 14.2 Å². The van der Waals surface area contributed by atoms with Crippen LogP contribution in [0.25, 0.3) is 0 Å². The Kier molecular flexibility index (Phi) is 14.2. The molecule has 2 aliphatic rings. The van der Waals surface area contributed by atoms with Gasteiger partial charge in [0.05, 0.1) is 18.8 Å². The van der Waals surface area contributed by atoms with Gasteiger partial charge in [0.1, 0.15) is 18.5 Å². The van der Waals surface area contributed by atoms with Gasteiger partial charge in [0.25, 0.3) is 0 Å². The Labute approximate surface area is 239 Å². The van der Waals surface area contributed by atoms with Crippen molar-refractivity contribution in [3.63, 3.8) is 0 Å². The first-order valence-corrected chi connectivity index (χ1v) is 14.7. The van der Waals surface area contributed by atoms with Gasteiger partial charge >= 0.3 is 5.97 Å². The number of carbonyl (C=O) groups excluding carboxylic acids is 3. The molecule has 2 aliphatic heterocycles. The van der Waals surface area contributed by atoms with Crippen LogP contribution in [0.1, 0.15) is 73.1 Å². The van der Waals surface area contributed by atoms with Crippen LogP contribution in [0, 0.1) is 23.7 Å². The number of ether oxygens (including phenoxy) is 3. The normalized spacial score (nSPS) is 39.3. The van der Waals surface area contributed by atoms with Crippen molar-refractivity contribution in [1.82, 2.24) is 4.90 Å². The molecule has 0 aliphatic carbocycles. The van der Waals surface area contributed by atoms with Gasteiger partial charge in [-0.3, -0.25) is 9.59 Å². The van der Waals surface area contributed by atoms with Crippen molar-refractivity contribution in [3.05, 3.63) is 23.8 Å². The van der Waals surface area contributed by atoms with Crippen molar-refractivity contribution in [2.45, 2.75) is 110 Å². The molecule has 0 bridgehead atoms. The maximum atomic E-state index is 13.1. The molecule has 1 saturated heterocycles. The number of aliphatic hydroxyl groups excluding tert-OH is 2. The highest BCUT2D eigenvalue weighted by Crippen LogP contribution is 2.34. The number of allylic oxidation sites excluding steroid dienone is 3. The molecular formula is C31H51NO8. The Morgan fingerprint density at radius 3 is 2.45 bits per heavy atom. The molecule has 0 unspecified atom stereocenters. The highest BCUT2D eigenvalue weighted by Gasteiger charge is 2.41. The second-order valence-corrected chi connectivity index (χ2v) is 11.9. The van der Waals surface area contributed by atoms with E-state index in [2.05, 4.69) is 0 Å². The SMILES string of the molecule is CC[C@H]1OC(=O)CC[C@H](C)[C@@H](O[C@@H]2O[C@H](C)C[C@H](N(C)C)[C@H]2O)[C@@H](CC=O)C[C@@H](C)C(=O)/C=C/C(C)=C/[C@@H]1CO. The minimum atomic E-state index is -0.913. The molecule has 0 radical (unpaired) electrons. The molecule has 1 fully saturated rings. The van der Waals surface area contributed by atoms with Gasteiger partial charge in [0, 0.05) is 30.7 Å². The van der Waals surface area contributed by atoms with E-state index in [1.165, 1.54) is 6.08 Å². The fourth-order valence-corrected chi connectivity index (χ4v) is 5.84. The molecule has 9 nitrogen and oxygen atoms in total. The topological polar surface area (TPSA) is 123 Å². The lowest BCUT2D eigenvalue weighted by atomic mass is 9.80. The predicted octanol–water partition coefficient (Wildman–Crippen LogP) is 3.46. The number of nitrogens with zero attached hydrogens (tertiary/aromatic N) is 1. The fourth-order valence-electron chi connectivity index (χ4n) is 5.84. The molecule has 2 N–H and O–H groups in total. The number of likely N-dealkylation sites (N-methyl/N-ethyl adjacent to an activating group) is 1. The summed E-state index contributed by atoms with van der Waals surface area (Å²) in [6.45, 7) is 9.29. The molecule has 228 valence electrons. The average molecular weight is 566 g/mol. The molecule has 2 rings (SSSR count). The van der Waals surface area contributed by atoms with E-state index in [1.807, 2.05) is 59.7 Å². The van der Waals surface area contributed by atoms with Crippen molar-refractivity contribution in [2.75, 3.05) is 20.7 Å². The van der Waals surface area contributed by atoms with Gasteiger partial charge in [0.2, 0.25) is 0 Å². The second-order valence-electron chi connectivity index (χ2n) is 11.9. The lowest BCUT2D eigenvalue weighted by molar-refractivity contribution is -0.280. The summed E-state index contributed by atoms with van der Waals surface area (Å²) in [5, 5.41) is 21.1. The predicted molar refractivity (Wildman–Crippen MR) is 152 cm³/mol. The lowest BCUT2D eigenvalue weighted by Gasteiger charge is -2.44. The quantitative estimate of drug-likeness (QED) is 0.353. The van der Waals surface area contributed by atoms with Gasteiger partial charge in [-0.1, -0.05) is 38.5 Å². The summed E-state index contributed by atoms with van der Waals surface area (Å²) in [4.78, 5) is 39.7. The van der Waals surface area contributed by atoms with Gasteiger partial charge in [0.15, 0.2) is 12.1 Å². The smallest absolute Gasteiger partial charge is 0.306 e. The Hall–Kier alpha value is -1.91. The number of aldehydes is 1. The molecule has 0 aromatic carbocycles. The minimum absolute atomic E-state index is 0.0728. The lowest BCUT2D eigenvalue weighted by Crippen LogP contribution is -2.55. The fraction of sp³-hybridized carbons (Fsp3) is 0.774. The van der Waals surface area contributed by atoms with E-state index in [0.717, 1.165) is 11.9 Å². The number of carbonyl (C=O) groups is 3. The highest BCUT2D eigenvalue weighted by atomic mass is 16.7. The monoisotopic (exact) mass is 565 g/mol. The summed E-state index contributed by atoms with van der Waals surface area (Å²) in [5.41, 5.74) is 0.786. The maximum Gasteiger partial charge on any atom is 0.306 e. The summed E-state index contributed by atoms with van der Waals surface area (Å²) >= 11 is 0. The summed E-state index contributed by atoms with van der Waals surface area (Å²) in [7, 11) is 3.81. The van der Waals surface area contributed by atoms with E-state index in [1.54, 1.807) is 6.08 Å². The van der Waals surface area contributed by atoms with Gasteiger partial charge in [-0.25, -0.2) is 0 Å². The molecule has 9 heteroatoms. The molecule has 10 atom stereocenters. The van der Waals surface area contributed by atoms with E-state index < -0.39 is 24.6 Å². The molecule has 0 saturated carbocycles. The number of aliphatic hydroxyl groups is 2. The molecule has 0 amide bonds. The summed E-state index contributed by atoms with van der Waals surface area (Å²) in [5.74, 6) is -1.74. The third-order valence-corrected chi connectivity index (χ3v) is 8.30. The molecular weight excluding hydrogens is 514 g/mol. The van der Waals surface area contributed by atoms with Gasteiger partial charge in [-0.15, -0.1) is 0 Å². The van der Waals surface area contributed by atoms with Crippen LogP contribution in [-0.2, 0) is 28.6 Å². The van der Waals surface area contributed by atoms with Gasteiger partial charge in [-0.2, -0.15) is 0 Å². The van der Waals surface area contributed by atoms with E-state index in [0.29, 0.717) is 25.7 Å². The molecule has 2 heterocycles. The largest absolute Gasteiger partial charge is 0.462 e. The standard InChI is InChI=1S/C31H51NO8/c1-8-27-24(18-34)15-19(2)9-11-26(35)21(4)16-23(13-14-33)30(20(3)10-12-28(36)39-27)40-31-29(37)25(32(6)7)17-22(5)38-31/h9,11,14-15,20-25,27,29-31,34,37H,8,10,12-13,16-18H2,1-7H3/b11-9+,19-15+/t20-,21+,22+,23-,24+,25-,27+,29+,30+,31-/m0/s1. The third kappa shape index (κ3) is 9.87. The zero-order chi connectivity index (χ0) is 30.0. The molecule has 0 spiro atoms. The number of cyclic esters (lactones) is 1. The number of hydrogen-bond donors (Lipinski definition) is 2. The number of esters is 1. The summed E-state index contributed by atoms with van der Waals surface area (Å²) in [6, 6.07) is -0.165. The number of hydrogen-bond acceptors (Lipinski definition) is 9. The first-order valence-electron chi connectivity index (χ1n) is 14.7. The number of rotatable bonds is 7. The first-order chi connectivity index (χ1) is 18.9. The van der Waals surface area contributed by atoms with E-state index in [-0.39, 0.29) is 67.0 Å². The van der Waals surface area contributed by atoms with Crippen LogP contribution >= 0.6 is 0 Å². The first kappa shape index (κ1) is 34.3. The summed E-state index contributed by atoms with van der Waals surface area (Å²) < 4.78 is 18.3. The minimum Gasteiger partial charge on any atom is -0.462 e. The van der Waals surface area contributed by atoms with Gasteiger partial charge in [-0.05, 0) is 71.5 Å². The van der Waals surface area contributed by atoms with Crippen LogP contribution in [0.2, 0.25) is 0 Å². The van der Waals surface area contributed by atoms with Crippen molar-refractivity contribution < 1.29 is 38.8 Å². The van der Waals surface area contributed by atoms with Crippen LogP contribution in [0.5, 0.6) is 0 Å². The molecule has 40 heavy (non-hydrogen) atoms. The van der Waals surface area contributed by atoms with Gasteiger partial charge < -0.3 is 34.1 Å². The molecule has 0 aromatic heterocycles. The summed E-state index contributed by atoms with van der Waals surface area (Å²) in [6.07, 6.45) is 5.21.